The van der Waals surface area contributed by atoms with Gasteiger partial charge in [0.1, 0.15) is 6.10 Å². The van der Waals surface area contributed by atoms with Gasteiger partial charge >= 0.3 is 5.97 Å². The number of hydrogen-bond acceptors (Lipinski definition) is 5. The Labute approximate surface area is 163 Å². The zero-order valence-electron chi connectivity index (χ0n) is 17.5. The molecule has 0 spiro atoms. The van der Waals surface area contributed by atoms with Crippen LogP contribution in [-0.2, 0) is 23.7 Å². The molecular formula is C22H32O5. The quantitative estimate of drug-likeness (QED) is 0.140. The number of allylic oxidation sites excluding steroid dienone is 5. The van der Waals surface area contributed by atoms with Crippen LogP contribution in [-0.4, -0.2) is 39.0 Å². The number of rotatable bonds is 10. The third kappa shape index (κ3) is 6.75. The van der Waals surface area contributed by atoms with Crippen LogP contribution in [0.25, 0.3) is 0 Å². The molecule has 0 saturated carbocycles. The summed E-state index contributed by atoms with van der Waals surface area (Å²) in [7, 11) is 4.31. The molecule has 0 aliphatic carbocycles. The van der Waals surface area contributed by atoms with Crippen LogP contribution in [0.4, 0.5) is 0 Å². The fourth-order valence-corrected chi connectivity index (χ4v) is 2.80. The minimum Gasteiger partial charge on any atom is -0.493 e. The predicted molar refractivity (Wildman–Crippen MR) is 107 cm³/mol. The summed E-state index contributed by atoms with van der Waals surface area (Å²) < 4.78 is 20.9. The summed E-state index contributed by atoms with van der Waals surface area (Å²) in [6.07, 6.45) is 10.1. The lowest BCUT2D eigenvalue weighted by molar-refractivity contribution is -0.135. The second-order valence-electron chi connectivity index (χ2n) is 6.96. The van der Waals surface area contributed by atoms with Gasteiger partial charge in [0, 0.05) is 0 Å². The lowest BCUT2D eigenvalue weighted by atomic mass is 9.89. The molecule has 0 radical (unpaired) electrons. The average molecular weight is 376 g/mol. The topological polar surface area (TPSA) is 57.3 Å². The molecule has 1 heterocycles. The summed E-state index contributed by atoms with van der Waals surface area (Å²) in [5.41, 5.74) is 2.13. The first-order valence-corrected chi connectivity index (χ1v) is 8.95. The van der Waals surface area contributed by atoms with Gasteiger partial charge in [-0.2, -0.15) is 0 Å². The standard InChI is InChI=1S/C22H32O5/c1-9-20-22(5,27-20)14-17(4)16(3)11-10-15(2)12-18(24-6)19(25-7)13-21(23)26-8/h9-13,17,20H,1,14H2,2-8H3/b15-10-,16-11+,18-12+,19-13+/t17-,20-,22-/m0/s1. The summed E-state index contributed by atoms with van der Waals surface area (Å²) in [5, 5.41) is 0. The third-order valence-electron chi connectivity index (χ3n) is 4.74. The van der Waals surface area contributed by atoms with E-state index in [9.17, 15) is 4.79 Å². The van der Waals surface area contributed by atoms with E-state index in [1.165, 1.54) is 33.0 Å². The van der Waals surface area contributed by atoms with Crippen LogP contribution in [0.15, 0.2) is 59.6 Å². The predicted octanol–water partition coefficient (Wildman–Crippen LogP) is 4.48. The summed E-state index contributed by atoms with van der Waals surface area (Å²) in [6, 6.07) is 0. The van der Waals surface area contributed by atoms with Crippen molar-refractivity contribution in [2.45, 2.75) is 45.8 Å². The molecule has 3 atom stereocenters. The van der Waals surface area contributed by atoms with Gasteiger partial charge in [0.2, 0.25) is 0 Å². The molecule has 0 unspecified atom stereocenters. The largest absolute Gasteiger partial charge is 0.493 e. The van der Waals surface area contributed by atoms with Crippen LogP contribution in [0.1, 0.15) is 34.1 Å². The molecule has 5 heteroatoms. The number of carbonyl (C=O) groups is 1. The van der Waals surface area contributed by atoms with Gasteiger partial charge in [-0.15, -0.1) is 6.58 Å². The average Bonchev–Trinajstić information content (AvgIpc) is 3.31. The lowest BCUT2D eigenvalue weighted by Gasteiger charge is -2.15. The molecule has 0 aromatic rings. The van der Waals surface area contributed by atoms with Gasteiger partial charge in [-0.05, 0) is 44.8 Å². The van der Waals surface area contributed by atoms with Crippen LogP contribution in [0.5, 0.6) is 0 Å². The minimum atomic E-state index is -0.505. The zero-order chi connectivity index (χ0) is 20.6. The van der Waals surface area contributed by atoms with E-state index in [0.29, 0.717) is 17.4 Å². The molecule has 1 aliphatic rings. The van der Waals surface area contributed by atoms with E-state index in [-0.39, 0.29) is 11.7 Å². The van der Waals surface area contributed by atoms with Crippen molar-refractivity contribution in [3.05, 3.63) is 59.6 Å². The number of esters is 1. The van der Waals surface area contributed by atoms with E-state index in [0.717, 1.165) is 12.0 Å². The van der Waals surface area contributed by atoms with Gasteiger partial charge in [-0.1, -0.05) is 30.7 Å². The Hall–Kier alpha value is -2.27. The first kappa shape index (κ1) is 22.8. The molecule has 1 fully saturated rings. The van der Waals surface area contributed by atoms with Gasteiger partial charge in [-0.25, -0.2) is 4.79 Å². The highest BCUT2D eigenvalue weighted by Crippen LogP contribution is 2.43. The summed E-state index contributed by atoms with van der Waals surface area (Å²) >= 11 is 0. The molecule has 0 bridgehead atoms. The molecule has 1 aliphatic heterocycles. The van der Waals surface area contributed by atoms with Gasteiger partial charge in [0.25, 0.3) is 0 Å². The molecule has 0 aromatic heterocycles. The first-order valence-electron chi connectivity index (χ1n) is 8.95. The highest BCUT2D eigenvalue weighted by molar-refractivity contribution is 5.83. The van der Waals surface area contributed by atoms with Crippen LogP contribution >= 0.6 is 0 Å². The number of methoxy groups -OCH3 is 3. The summed E-state index contributed by atoms with van der Waals surface area (Å²) in [4.78, 5) is 11.4. The van der Waals surface area contributed by atoms with E-state index in [1.807, 2.05) is 25.2 Å². The monoisotopic (exact) mass is 376 g/mol. The summed E-state index contributed by atoms with van der Waals surface area (Å²) in [5.74, 6) is 0.641. The van der Waals surface area contributed by atoms with Crippen LogP contribution in [0.2, 0.25) is 0 Å². The van der Waals surface area contributed by atoms with Crippen molar-refractivity contribution >= 4 is 5.97 Å². The van der Waals surface area contributed by atoms with Gasteiger partial charge in [0.15, 0.2) is 11.5 Å². The molecule has 150 valence electrons. The molecule has 1 rings (SSSR count). The second kappa shape index (κ2) is 10.2. The molecule has 0 amide bonds. The number of epoxide rings is 1. The highest BCUT2D eigenvalue weighted by atomic mass is 16.6. The lowest BCUT2D eigenvalue weighted by Crippen LogP contribution is -2.14. The van der Waals surface area contributed by atoms with Crippen molar-refractivity contribution in [3.63, 3.8) is 0 Å². The van der Waals surface area contributed by atoms with E-state index in [2.05, 4.69) is 38.2 Å². The Morgan fingerprint density at radius 1 is 1.11 bits per heavy atom. The maximum Gasteiger partial charge on any atom is 0.334 e. The molecule has 1 saturated heterocycles. The van der Waals surface area contributed by atoms with Crippen LogP contribution in [0.3, 0.4) is 0 Å². The smallest absolute Gasteiger partial charge is 0.334 e. The fraction of sp³-hybridized carbons (Fsp3) is 0.500. The molecule has 0 N–H and O–H groups in total. The number of hydrogen-bond donors (Lipinski definition) is 0. The van der Waals surface area contributed by atoms with Crippen molar-refractivity contribution in [1.29, 1.82) is 0 Å². The Morgan fingerprint density at radius 3 is 2.19 bits per heavy atom. The normalized spacial score (nSPS) is 24.9. The van der Waals surface area contributed by atoms with E-state index >= 15 is 0 Å². The Bertz CT molecular complexity index is 668. The van der Waals surface area contributed by atoms with Gasteiger partial charge in [0.05, 0.1) is 33.0 Å². The maximum absolute atomic E-state index is 11.4. The SMILES string of the molecule is C=C[C@@H]1O[C@@]1(C)C[C@H](C)/C(C)=C/C=C(C)\C=C(OC)/C(=C\C(=O)OC)OC. The van der Waals surface area contributed by atoms with Crippen molar-refractivity contribution in [2.75, 3.05) is 21.3 Å². The minimum absolute atomic E-state index is 0.0931. The fourth-order valence-electron chi connectivity index (χ4n) is 2.80. The zero-order valence-corrected chi connectivity index (χ0v) is 17.5. The van der Waals surface area contributed by atoms with Gasteiger partial charge < -0.3 is 18.9 Å². The Balaban J connectivity index is 2.87. The van der Waals surface area contributed by atoms with Crippen LogP contribution < -0.4 is 0 Å². The van der Waals surface area contributed by atoms with Crippen molar-refractivity contribution in [2.24, 2.45) is 5.92 Å². The maximum atomic E-state index is 11.4. The second-order valence-corrected chi connectivity index (χ2v) is 6.96. The Morgan fingerprint density at radius 2 is 1.70 bits per heavy atom. The van der Waals surface area contributed by atoms with Gasteiger partial charge in [-0.3, -0.25) is 0 Å². The van der Waals surface area contributed by atoms with Crippen molar-refractivity contribution < 1.29 is 23.7 Å². The number of carbonyl (C=O) groups excluding carboxylic acids is 1. The Kier molecular flexibility index (Phi) is 8.57. The first-order chi connectivity index (χ1) is 12.7. The van der Waals surface area contributed by atoms with Crippen LogP contribution in [0, 0.1) is 5.92 Å². The van der Waals surface area contributed by atoms with Crippen molar-refractivity contribution in [3.8, 4) is 0 Å². The van der Waals surface area contributed by atoms with E-state index in [1.54, 1.807) is 0 Å². The molecule has 0 aromatic carbocycles. The van der Waals surface area contributed by atoms with E-state index in [4.69, 9.17) is 14.2 Å². The highest BCUT2D eigenvalue weighted by Gasteiger charge is 2.50. The molecular weight excluding hydrogens is 344 g/mol. The summed E-state index contributed by atoms with van der Waals surface area (Å²) in [6.45, 7) is 12.2. The van der Waals surface area contributed by atoms with Crippen molar-refractivity contribution in [1.82, 2.24) is 0 Å². The molecule has 5 nitrogen and oxygen atoms in total. The number of ether oxygens (including phenoxy) is 4. The van der Waals surface area contributed by atoms with E-state index < -0.39 is 5.97 Å². The molecule has 27 heavy (non-hydrogen) atoms. The third-order valence-corrected chi connectivity index (χ3v) is 4.74.